The Kier molecular flexibility index (Phi) is 3.06. The number of β-amino-alcohol motifs (C(OH)–C–C–N with tert-alkyl or cyclic N) is 1. The minimum absolute atomic E-state index is 0.238. The lowest BCUT2D eigenvalue weighted by atomic mass is 10.2. The van der Waals surface area contributed by atoms with Gasteiger partial charge in [-0.1, -0.05) is 6.42 Å². The zero-order chi connectivity index (χ0) is 9.97. The van der Waals surface area contributed by atoms with Crippen LogP contribution in [0.1, 0.15) is 38.5 Å². The number of likely N-dealkylation sites (tertiary alicyclic amines) is 1. The van der Waals surface area contributed by atoms with Gasteiger partial charge in [-0.3, -0.25) is 4.79 Å². The molecule has 3 nitrogen and oxygen atoms in total. The zero-order valence-corrected chi connectivity index (χ0v) is 8.61. The Morgan fingerprint density at radius 1 is 1.36 bits per heavy atom. The molecule has 1 saturated heterocycles. The molecule has 2 rings (SSSR count). The molecular weight excluding hydrogens is 178 g/mol. The van der Waals surface area contributed by atoms with Gasteiger partial charge in [0.2, 0.25) is 5.91 Å². The Morgan fingerprint density at radius 3 is 2.86 bits per heavy atom. The standard InChI is InChI=1S/C11H19NO2/c13-10(9-5-6-9)8-12-7-3-1-2-4-11(12)14/h9-10,13H,1-8H2. The maximum Gasteiger partial charge on any atom is 0.222 e. The maximum atomic E-state index is 11.6. The first-order valence-electron chi connectivity index (χ1n) is 5.73. The average molecular weight is 197 g/mol. The molecule has 1 unspecified atom stereocenters. The molecule has 0 aromatic heterocycles. The van der Waals surface area contributed by atoms with Gasteiger partial charge in [0.05, 0.1) is 6.10 Å². The molecule has 1 aliphatic carbocycles. The quantitative estimate of drug-likeness (QED) is 0.737. The van der Waals surface area contributed by atoms with Crippen LogP contribution in [0.5, 0.6) is 0 Å². The van der Waals surface area contributed by atoms with Gasteiger partial charge in [0, 0.05) is 19.5 Å². The van der Waals surface area contributed by atoms with Crippen LogP contribution in [0.3, 0.4) is 0 Å². The SMILES string of the molecule is O=C1CCCCCN1CC(O)C1CC1. The smallest absolute Gasteiger partial charge is 0.222 e. The van der Waals surface area contributed by atoms with Crippen LogP contribution >= 0.6 is 0 Å². The summed E-state index contributed by atoms with van der Waals surface area (Å²) in [5.41, 5.74) is 0. The summed E-state index contributed by atoms with van der Waals surface area (Å²) in [7, 11) is 0. The van der Waals surface area contributed by atoms with E-state index in [0.717, 1.165) is 38.6 Å². The Balaban J connectivity index is 1.83. The number of aliphatic hydroxyl groups excluding tert-OH is 1. The Hall–Kier alpha value is -0.570. The van der Waals surface area contributed by atoms with Crippen molar-refractivity contribution in [2.75, 3.05) is 13.1 Å². The second-order valence-electron chi connectivity index (χ2n) is 4.56. The number of amides is 1. The van der Waals surface area contributed by atoms with E-state index in [-0.39, 0.29) is 12.0 Å². The first-order valence-corrected chi connectivity index (χ1v) is 5.73. The fourth-order valence-corrected chi connectivity index (χ4v) is 2.09. The highest BCUT2D eigenvalue weighted by atomic mass is 16.3. The Morgan fingerprint density at radius 2 is 2.14 bits per heavy atom. The molecule has 1 amide bonds. The number of hydrogen-bond acceptors (Lipinski definition) is 2. The summed E-state index contributed by atoms with van der Waals surface area (Å²) in [6, 6.07) is 0. The molecule has 2 aliphatic rings. The number of rotatable bonds is 3. The molecule has 1 aliphatic heterocycles. The lowest BCUT2D eigenvalue weighted by Gasteiger charge is -2.23. The molecule has 14 heavy (non-hydrogen) atoms. The topological polar surface area (TPSA) is 40.5 Å². The Labute approximate surface area is 85.1 Å². The number of hydrogen-bond donors (Lipinski definition) is 1. The van der Waals surface area contributed by atoms with Crippen LogP contribution in [0.15, 0.2) is 0 Å². The fraction of sp³-hybridized carbons (Fsp3) is 0.909. The van der Waals surface area contributed by atoms with E-state index in [1.165, 1.54) is 0 Å². The molecule has 0 bridgehead atoms. The molecule has 0 spiro atoms. The molecule has 1 heterocycles. The Bertz CT molecular complexity index is 213. The van der Waals surface area contributed by atoms with Crippen molar-refractivity contribution in [2.24, 2.45) is 5.92 Å². The summed E-state index contributed by atoms with van der Waals surface area (Å²) >= 11 is 0. The first-order chi connectivity index (χ1) is 6.77. The molecule has 3 heteroatoms. The highest BCUT2D eigenvalue weighted by Gasteiger charge is 2.32. The van der Waals surface area contributed by atoms with Crippen molar-refractivity contribution in [1.29, 1.82) is 0 Å². The van der Waals surface area contributed by atoms with Gasteiger partial charge in [0.1, 0.15) is 0 Å². The van der Waals surface area contributed by atoms with E-state index >= 15 is 0 Å². The summed E-state index contributed by atoms with van der Waals surface area (Å²) < 4.78 is 0. The molecule has 80 valence electrons. The highest BCUT2D eigenvalue weighted by molar-refractivity contribution is 5.76. The number of carbonyl (C=O) groups is 1. The van der Waals surface area contributed by atoms with Crippen LogP contribution in [0.2, 0.25) is 0 Å². The van der Waals surface area contributed by atoms with Crippen molar-refractivity contribution in [3.8, 4) is 0 Å². The van der Waals surface area contributed by atoms with E-state index in [4.69, 9.17) is 0 Å². The normalized spacial score (nSPS) is 26.1. The van der Waals surface area contributed by atoms with Crippen molar-refractivity contribution in [1.82, 2.24) is 4.90 Å². The van der Waals surface area contributed by atoms with Gasteiger partial charge in [0.25, 0.3) is 0 Å². The summed E-state index contributed by atoms with van der Waals surface area (Å²) in [4.78, 5) is 13.5. The molecule has 2 fully saturated rings. The van der Waals surface area contributed by atoms with E-state index < -0.39 is 0 Å². The monoisotopic (exact) mass is 197 g/mol. The largest absolute Gasteiger partial charge is 0.391 e. The fourth-order valence-electron chi connectivity index (χ4n) is 2.09. The summed E-state index contributed by atoms with van der Waals surface area (Å²) in [5.74, 6) is 0.716. The molecular formula is C11H19NO2. The van der Waals surface area contributed by atoms with Crippen molar-refractivity contribution in [3.63, 3.8) is 0 Å². The van der Waals surface area contributed by atoms with E-state index in [9.17, 15) is 9.90 Å². The second-order valence-corrected chi connectivity index (χ2v) is 4.56. The molecule has 0 radical (unpaired) electrons. The first kappa shape index (κ1) is 9.97. The number of carbonyl (C=O) groups excluding carboxylic acids is 1. The molecule has 0 aromatic carbocycles. The van der Waals surface area contributed by atoms with Crippen molar-refractivity contribution < 1.29 is 9.90 Å². The van der Waals surface area contributed by atoms with Crippen molar-refractivity contribution in [3.05, 3.63) is 0 Å². The third kappa shape index (κ3) is 2.47. The van der Waals surface area contributed by atoms with Crippen LogP contribution in [-0.4, -0.2) is 35.1 Å². The van der Waals surface area contributed by atoms with E-state index in [0.29, 0.717) is 18.9 Å². The van der Waals surface area contributed by atoms with Gasteiger partial charge in [0.15, 0.2) is 0 Å². The third-order valence-electron chi connectivity index (χ3n) is 3.24. The second kappa shape index (κ2) is 4.30. The van der Waals surface area contributed by atoms with Crippen LogP contribution in [0, 0.1) is 5.92 Å². The molecule has 1 atom stereocenters. The summed E-state index contributed by atoms with van der Waals surface area (Å²) in [5, 5.41) is 9.76. The van der Waals surface area contributed by atoms with Crippen LogP contribution < -0.4 is 0 Å². The van der Waals surface area contributed by atoms with Gasteiger partial charge in [-0.05, 0) is 31.6 Å². The molecule has 1 N–H and O–H groups in total. The number of nitrogens with zero attached hydrogens (tertiary/aromatic N) is 1. The van der Waals surface area contributed by atoms with Gasteiger partial charge < -0.3 is 10.0 Å². The lowest BCUT2D eigenvalue weighted by Crippen LogP contribution is -2.37. The highest BCUT2D eigenvalue weighted by Crippen LogP contribution is 2.33. The van der Waals surface area contributed by atoms with Crippen LogP contribution in [0.25, 0.3) is 0 Å². The predicted molar refractivity (Wildman–Crippen MR) is 53.8 cm³/mol. The predicted octanol–water partition coefficient (Wildman–Crippen LogP) is 1.16. The van der Waals surface area contributed by atoms with E-state index in [1.54, 1.807) is 0 Å². The maximum absolute atomic E-state index is 11.6. The van der Waals surface area contributed by atoms with Crippen molar-refractivity contribution >= 4 is 5.91 Å². The lowest BCUT2D eigenvalue weighted by molar-refractivity contribution is -0.132. The van der Waals surface area contributed by atoms with Crippen LogP contribution in [0.4, 0.5) is 0 Å². The average Bonchev–Trinajstić information content (AvgIpc) is 2.95. The molecule has 0 aromatic rings. The summed E-state index contributed by atoms with van der Waals surface area (Å²) in [6.45, 7) is 1.42. The van der Waals surface area contributed by atoms with Gasteiger partial charge in [-0.15, -0.1) is 0 Å². The minimum atomic E-state index is -0.267. The van der Waals surface area contributed by atoms with Gasteiger partial charge in [-0.25, -0.2) is 0 Å². The van der Waals surface area contributed by atoms with E-state index in [2.05, 4.69) is 0 Å². The van der Waals surface area contributed by atoms with Gasteiger partial charge in [-0.2, -0.15) is 0 Å². The van der Waals surface area contributed by atoms with Gasteiger partial charge >= 0.3 is 0 Å². The van der Waals surface area contributed by atoms with Crippen LogP contribution in [-0.2, 0) is 4.79 Å². The van der Waals surface area contributed by atoms with E-state index in [1.807, 2.05) is 4.90 Å². The molecule has 1 saturated carbocycles. The van der Waals surface area contributed by atoms with Crippen molar-refractivity contribution in [2.45, 2.75) is 44.6 Å². The third-order valence-corrected chi connectivity index (χ3v) is 3.24. The summed E-state index contributed by atoms with van der Waals surface area (Å²) in [6.07, 6.45) is 5.97. The zero-order valence-electron chi connectivity index (χ0n) is 8.61. The minimum Gasteiger partial charge on any atom is -0.391 e. The number of aliphatic hydroxyl groups is 1.